The van der Waals surface area contributed by atoms with Crippen LogP contribution in [-0.4, -0.2) is 33.6 Å². The van der Waals surface area contributed by atoms with Gasteiger partial charge in [-0.25, -0.2) is 13.9 Å². The van der Waals surface area contributed by atoms with E-state index in [-0.39, 0.29) is 33.9 Å². The van der Waals surface area contributed by atoms with Crippen LogP contribution in [0.25, 0.3) is 16.6 Å². The molecule has 0 spiro atoms. The van der Waals surface area contributed by atoms with Crippen LogP contribution in [0.3, 0.4) is 0 Å². The van der Waals surface area contributed by atoms with Gasteiger partial charge in [-0.3, -0.25) is 0 Å². The second-order valence-electron chi connectivity index (χ2n) is 13.9. The average molecular weight is 604 g/mol. The van der Waals surface area contributed by atoms with Crippen molar-refractivity contribution in [3.05, 3.63) is 76.8 Å². The number of anilines is 2. The topological polar surface area (TPSA) is 106 Å². The highest BCUT2D eigenvalue weighted by Crippen LogP contribution is 2.46. The van der Waals surface area contributed by atoms with E-state index in [1.165, 1.54) is 18.2 Å². The van der Waals surface area contributed by atoms with E-state index in [1.807, 2.05) is 10.7 Å². The zero-order chi connectivity index (χ0) is 31.3. The molecule has 0 bridgehead atoms. The zero-order valence-electron chi connectivity index (χ0n) is 26.1. The number of aryl methyl sites for hydroxylation is 1. The smallest absolute Gasteiger partial charge is 0.135 e. The highest BCUT2D eigenvalue weighted by molar-refractivity contribution is 6.33. The second kappa shape index (κ2) is 11.1. The average Bonchev–Trinajstić information content (AvgIpc) is 3.43. The molecule has 1 saturated carbocycles. The van der Waals surface area contributed by atoms with Gasteiger partial charge >= 0.3 is 0 Å². The minimum atomic E-state index is -0.441. The highest BCUT2D eigenvalue weighted by Gasteiger charge is 2.49. The third kappa shape index (κ3) is 6.22. The van der Waals surface area contributed by atoms with Crippen molar-refractivity contribution in [1.29, 1.82) is 0 Å². The Balaban J connectivity index is 1.60. The van der Waals surface area contributed by atoms with Crippen LogP contribution in [0.15, 0.2) is 59.9 Å². The van der Waals surface area contributed by atoms with Crippen LogP contribution in [0, 0.1) is 23.6 Å². The molecule has 1 fully saturated rings. The maximum Gasteiger partial charge on any atom is 0.135 e. The fourth-order valence-corrected chi connectivity index (χ4v) is 5.89. The van der Waals surface area contributed by atoms with Crippen LogP contribution in [0.2, 0.25) is 5.02 Å². The number of hydrogen-bond acceptors (Lipinski definition) is 5. The van der Waals surface area contributed by atoms with Crippen LogP contribution in [0.5, 0.6) is 0 Å². The number of halogens is 2. The van der Waals surface area contributed by atoms with Gasteiger partial charge < -0.3 is 22.1 Å². The first kappa shape index (κ1) is 30.8. The predicted octanol–water partition coefficient (Wildman–Crippen LogP) is 7.92. The summed E-state index contributed by atoms with van der Waals surface area (Å²) in [6, 6.07) is 12.7. The maximum absolute atomic E-state index is 14.0. The third-order valence-electron chi connectivity index (χ3n) is 9.04. The Labute approximate surface area is 258 Å². The van der Waals surface area contributed by atoms with E-state index in [2.05, 4.69) is 88.4 Å². The normalized spacial score (nSPS) is 20.5. The fourth-order valence-electron chi connectivity index (χ4n) is 5.73. The molecule has 0 radical (unpaired) electrons. The molecule has 1 aliphatic carbocycles. The van der Waals surface area contributed by atoms with Crippen LogP contribution < -0.4 is 22.1 Å². The van der Waals surface area contributed by atoms with E-state index >= 15 is 0 Å². The van der Waals surface area contributed by atoms with Crippen molar-refractivity contribution in [2.24, 2.45) is 27.3 Å². The SMILES string of the molecule is Cc1cc(NCC(C)(C)C)ccc1-c1cc2c(NC3CCC(C)(N)C3(C)C)c(C(N)=Nc3cc(F)ccc3Cl)cnn2c1. The Hall–Kier alpha value is -3.62. The summed E-state index contributed by atoms with van der Waals surface area (Å²) in [5.74, 6) is -0.256. The number of aliphatic imine (C=N–C) groups is 1. The zero-order valence-corrected chi connectivity index (χ0v) is 26.9. The first-order valence-corrected chi connectivity index (χ1v) is 15.1. The summed E-state index contributed by atoms with van der Waals surface area (Å²) < 4.78 is 15.9. The van der Waals surface area contributed by atoms with Crippen LogP contribution >= 0.6 is 11.6 Å². The van der Waals surface area contributed by atoms with Crippen molar-refractivity contribution in [3.63, 3.8) is 0 Å². The van der Waals surface area contributed by atoms with Crippen molar-refractivity contribution in [2.45, 2.75) is 72.9 Å². The first-order valence-electron chi connectivity index (χ1n) is 14.8. The lowest BCUT2D eigenvalue weighted by Crippen LogP contribution is -2.51. The molecular formula is C34H43ClFN7. The van der Waals surface area contributed by atoms with E-state index in [4.69, 9.17) is 28.2 Å². The molecule has 6 N–H and O–H groups in total. The Bertz CT molecular complexity index is 1700. The molecule has 2 atom stereocenters. The number of aromatic nitrogens is 2. The molecule has 1 aliphatic rings. The van der Waals surface area contributed by atoms with E-state index in [0.717, 1.165) is 53.0 Å². The van der Waals surface area contributed by atoms with Gasteiger partial charge in [0.15, 0.2) is 0 Å². The number of amidine groups is 1. The van der Waals surface area contributed by atoms with Gasteiger partial charge in [0, 0.05) is 47.1 Å². The summed E-state index contributed by atoms with van der Waals surface area (Å²) in [4.78, 5) is 4.52. The minimum Gasteiger partial charge on any atom is -0.385 e. The quantitative estimate of drug-likeness (QED) is 0.127. The number of nitrogens with one attached hydrogen (secondary N) is 2. The lowest BCUT2D eigenvalue weighted by atomic mass is 9.75. The Kier molecular flexibility index (Phi) is 7.99. The van der Waals surface area contributed by atoms with Crippen LogP contribution in [0.1, 0.15) is 65.5 Å². The van der Waals surface area contributed by atoms with E-state index in [9.17, 15) is 4.39 Å². The number of benzene rings is 2. The summed E-state index contributed by atoms with van der Waals surface area (Å²) >= 11 is 6.32. The standard InChI is InChI=1S/C34H43ClFN7/c1-20-14-23(39-19-32(2,3)4)9-10-24(20)21-15-28-30(42-29-12-13-34(7,38)33(29,5)6)25(17-40-43(28)18-21)31(37)41-27-16-22(36)8-11-26(27)35/h8-11,14-18,29,39,42H,12-13,19,38H2,1-7H3,(H2,37,41). The first-order chi connectivity index (χ1) is 20.1. The van der Waals surface area contributed by atoms with Crippen molar-refractivity contribution in [2.75, 3.05) is 17.2 Å². The molecule has 2 unspecified atom stereocenters. The molecule has 2 aromatic heterocycles. The molecule has 0 aliphatic heterocycles. The molecule has 0 amide bonds. The highest BCUT2D eigenvalue weighted by atomic mass is 35.5. The van der Waals surface area contributed by atoms with Gasteiger partial charge in [0.05, 0.1) is 33.7 Å². The lowest BCUT2D eigenvalue weighted by molar-refractivity contribution is 0.215. The number of hydrogen-bond donors (Lipinski definition) is 4. The molecule has 2 heterocycles. The van der Waals surface area contributed by atoms with Crippen molar-refractivity contribution >= 4 is 40.0 Å². The Morgan fingerprint density at radius 3 is 2.56 bits per heavy atom. The molecule has 228 valence electrons. The number of rotatable bonds is 7. The van der Waals surface area contributed by atoms with Crippen LogP contribution in [-0.2, 0) is 0 Å². The van der Waals surface area contributed by atoms with Gasteiger partial charge in [0.2, 0.25) is 0 Å². The monoisotopic (exact) mass is 603 g/mol. The Morgan fingerprint density at radius 1 is 1.16 bits per heavy atom. The molecule has 43 heavy (non-hydrogen) atoms. The summed E-state index contributed by atoms with van der Waals surface area (Å²) in [6.07, 6.45) is 5.51. The molecule has 4 aromatic rings. The van der Waals surface area contributed by atoms with Crippen molar-refractivity contribution in [3.8, 4) is 11.1 Å². The van der Waals surface area contributed by atoms with Gasteiger partial charge in [-0.2, -0.15) is 5.10 Å². The number of nitrogens with zero attached hydrogens (tertiary/aromatic N) is 3. The van der Waals surface area contributed by atoms with Gasteiger partial charge in [-0.1, -0.05) is 52.3 Å². The fraction of sp³-hybridized carbons (Fsp3) is 0.412. The molecule has 5 rings (SSSR count). The maximum atomic E-state index is 14.0. The van der Waals surface area contributed by atoms with Crippen molar-refractivity contribution < 1.29 is 4.39 Å². The van der Waals surface area contributed by atoms with E-state index < -0.39 is 5.82 Å². The lowest BCUT2D eigenvalue weighted by Gasteiger charge is -2.39. The summed E-state index contributed by atoms with van der Waals surface area (Å²) in [7, 11) is 0. The minimum absolute atomic E-state index is 0.0752. The third-order valence-corrected chi connectivity index (χ3v) is 9.36. The van der Waals surface area contributed by atoms with Crippen molar-refractivity contribution in [1.82, 2.24) is 9.61 Å². The van der Waals surface area contributed by atoms with E-state index in [1.54, 1.807) is 6.20 Å². The largest absolute Gasteiger partial charge is 0.385 e. The van der Waals surface area contributed by atoms with Gasteiger partial charge in [0.25, 0.3) is 0 Å². The summed E-state index contributed by atoms with van der Waals surface area (Å²) in [6.45, 7) is 16.1. The summed E-state index contributed by atoms with van der Waals surface area (Å²) in [5, 5.41) is 12.4. The van der Waals surface area contributed by atoms with Crippen LogP contribution in [0.4, 0.5) is 21.5 Å². The van der Waals surface area contributed by atoms with Gasteiger partial charge in [-0.05, 0) is 73.6 Å². The predicted molar refractivity (Wildman–Crippen MR) is 178 cm³/mol. The molecule has 7 nitrogen and oxygen atoms in total. The number of nitrogens with two attached hydrogens (primary N) is 2. The molecule has 2 aromatic carbocycles. The Morgan fingerprint density at radius 2 is 1.91 bits per heavy atom. The molecular weight excluding hydrogens is 561 g/mol. The summed E-state index contributed by atoms with van der Waals surface area (Å²) in [5.41, 5.74) is 19.9. The van der Waals surface area contributed by atoms with Gasteiger partial charge in [0.1, 0.15) is 11.7 Å². The molecule has 0 saturated heterocycles. The van der Waals surface area contributed by atoms with Gasteiger partial charge in [-0.15, -0.1) is 0 Å². The molecule has 9 heteroatoms. The number of fused-ring (bicyclic) bond motifs is 1. The van der Waals surface area contributed by atoms with E-state index in [0.29, 0.717) is 10.6 Å². The second-order valence-corrected chi connectivity index (χ2v) is 14.3.